The molecule has 98 valence electrons. The standard InChI is InChI=1S/C8H15N3.C4H4N2O/c1-3-5-7-8(6-4-2)10-11-9-7;7-4-5-2-1-3-6-4/h3-6H2,1-2H3,(H,9,10,11);1-3H,(H,5,6,7). The van der Waals surface area contributed by atoms with Crippen molar-refractivity contribution in [3.05, 3.63) is 40.3 Å². The topological polar surface area (TPSA) is 87.3 Å². The fourth-order valence-electron chi connectivity index (χ4n) is 1.46. The van der Waals surface area contributed by atoms with Gasteiger partial charge in [-0.1, -0.05) is 26.7 Å². The molecule has 0 aliphatic heterocycles. The van der Waals surface area contributed by atoms with Crippen LogP contribution in [0.25, 0.3) is 0 Å². The second kappa shape index (κ2) is 8.16. The fourth-order valence-corrected chi connectivity index (χ4v) is 1.46. The zero-order valence-corrected chi connectivity index (χ0v) is 10.8. The smallest absolute Gasteiger partial charge is 0.313 e. The van der Waals surface area contributed by atoms with Crippen molar-refractivity contribution in [2.24, 2.45) is 0 Å². The number of aromatic amines is 2. The molecule has 2 heterocycles. The summed E-state index contributed by atoms with van der Waals surface area (Å²) in [6.07, 6.45) is 7.36. The number of nitrogens with one attached hydrogen (secondary N) is 2. The average molecular weight is 249 g/mol. The Labute approximate surface area is 106 Å². The maximum absolute atomic E-state index is 10.1. The monoisotopic (exact) mass is 249 g/mol. The van der Waals surface area contributed by atoms with Gasteiger partial charge in [-0.3, -0.25) is 0 Å². The summed E-state index contributed by atoms with van der Waals surface area (Å²) in [6.45, 7) is 4.31. The van der Waals surface area contributed by atoms with Gasteiger partial charge in [0.05, 0.1) is 11.4 Å². The third-order valence-electron chi connectivity index (χ3n) is 2.26. The molecule has 2 rings (SSSR count). The van der Waals surface area contributed by atoms with Gasteiger partial charge in [-0.25, -0.2) is 9.78 Å². The van der Waals surface area contributed by atoms with Crippen LogP contribution in [-0.4, -0.2) is 25.4 Å². The van der Waals surface area contributed by atoms with Gasteiger partial charge in [0.15, 0.2) is 0 Å². The number of aromatic nitrogens is 5. The second-order valence-corrected chi connectivity index (χ2v) is 3.80. The minimum Gasteiger partial charge on any atom is -0.313 e. The van der Waals surface area contributed by atoms with E-state index in [2.05, 4.69) is 39.2 Å². The molecule has 0 spiro atoms. The van der Waals surface area contributed by atoms with E-state index >= 15 is 0 Å². The molecule has 2 N–H and O–H groups in total. The number of aryl methyl sites for hydroxylation is 2. The molecule has 0 bridgehead atoms. The quantitative estimate of drug-likeness (QED) is 0.859. The Morgan fingerprint density at radius 3 is 2.06 bits per heavy atom. The van der Waals surface area contributed by atoms with Crippen molar-refractivity contribution >= 4 is 0 Å². The summed E-state index contributed by atoms with van der Waals surface area (Å²) >= 11 is 0. The molecule has 2 aromatic heterocycles. The molecule has 0 atom stereocenters. The van der Waals surface area contributed by atoms with E-state index in [1.165, 1.54) is 12.4 Å². The summed E-state index contributed by atoms with van der Waals surface area (Å²) in [4.78, 5) is 15.8. The number of rotatable bonds is 4. The van der Waals surface area contributed by atoms with Crippen LogP contribution in [0.15, 0.2) is 23.3 Å². The molecule has 0 saturated heterocycles. The number of hydrogen-bond acceptors (Lipinski definition) is 4. The highest BCUT2D eigenvalue weighted by Crippen LogP contribution is 2.05. The van der Waals surface area contributed by atoms with Crippen LogP contribution in [0, 0.1) is 0 Å². The van der Waals surface area contributed by atoms with Crippen LogP contribution in [-0.2, 0) is 12.8 Å². The summed E-state index contributed by atoms with van der Waals surface area (Å²) in [6, 6.07) is 1.65. The van der Waals surface area contributed by atoms with Gasteiger partial charge >= 0.3 is 5.69 Å². The van der Waals surface area contributed by atoms with Gasteiger partial charge in [-0.2, -0.15) is 15.4 Å². The van der Waals surface area contributed by atoms with Crippen LogP contribution < -0.4 is 5.69 Å². The summed E-state index contributed by atoms with van der Waals surface area (Å²) < 4.78 is 0. The van der Waals surface area contributed by atoms with Crippen molar-refractivity contribution < 1.29 is 0 Å². The first-order valence-corrected chi connectivity index (χ1v) is 6.16. The Hall–Kier alpha value is -1.98. The molecule has 6 nitrogen and oxygen atoms in total. The minimum absolute atomic E-state index is 0.303. The van der Waals surface area contributed by atoms with E-state index in [1.54, 1.807) is 6.07 Å². The van der Waals surface area contributed by atoms with E-state index in [0.717, 1.165) is 37.1 Å². The maximum Gasteiger partial charge on any atom is 0.344 e. The molecular weight excluding hydrogens is 230 g/mol. The van der Waals surface area contributed by atoms with Gasteiger partial charge in [0.1, 0.15) is 0 Å². The highest BCUT2D eigenvalue weighted by molar-refractivity contribution is 5.08. The molecule has 0 unspecified atom stereocenters. The van der Waals surface area contributed by atoms with E-state index < -0.39 is 0 Å². The van der Waals surface area contributed by atoms with Crippen LogP contribution in [0.2, 0.25) is 0 Å². The first-order chi connectivity index (χ1) is 8.77. The molecule has 0 aliphatic carbocycles. The van der Waals surface area contributed by atoms with Crippen LogP contribution >= 0.6 is 0 Å². The van der Waals surface area contributed by atoms with Gasteiger partial charge in [0.2, 0.25) is 0 Å². The van der Waals surface area contributed by atoms with Crippen molar-refractivity contribution in [1.29, 1.82) is 0 Å². The van der Waals surface area contributed by atoms with Gasteiger partial charge in [-0.05, 0) is 18.9 Å². The molecule has 0 fully saturated rings. The SMILES string of the molecule is CCCc1n[nH]nc1CCC.O=c1nccc[nH]1. The lowest BCUT2D eigenvalue weighted by molar-refractivity contribution is 0.831. The lowest BCUT2D eigenvalue weighted by atomic mass is 10.1. The van der Waals surface area contributed by atoms with Crippen molar-refractivity contribution in [3.8, 4) is 0 Å². The molecule has 0 aromatic carbocycles. The molecule has 0 saturated carbocycles. The Morgan fingerprint density at radius 2 is 1.72 bits per heavy atom. The maximum atomic E-state index is 10.1. The molecule has 18 heavy (non-hydrogen) atoms. The zero-order chi connectivity index (χ0) is 13.2. The van der Waals surface area contributed by atoms with Crippen molar-refractivity contribution in [2.75, 3.05) is 0 Å². The number of hydrogen-bond donors (Lipinski definition) is 2. The van der Waals surface area contributed by atoms with Crippen LogP contribution in [0.3, 0.4) is 0 Å². The summed E-state index contributed by atoms with van der Waals surface area (Å²) in [5.41, 5.74) is 1.99. The molecule has 0 radical (unpaired) electrons. The van der Waals surface area contributed by atoms with E-state index in [4.69, 9.17) is 0 Å². The molecule has 0 amide bonds. The summed E-state index contributed by atoms with van der Waals surface area (Å²) in [7, 11) is 0. The Balaban J connectivity index is 0.000000199. The third-order valence-corrected chi connectivity index (χ3v) is 2.26. The van der Waals surface area contributed by atoms with E-state index in [9.17, 15) is 4.79 Å². The second-order valence-electron chi connectivity index (χ2n) is 3.80. The summed E-state index contributed by atoms with van der Waals surface area (Å²) in [5, 5.41) is 10.8. The Morgan fingerprint density at radius 1 is 1.11 bits per heavy atom. The van der Waals surface area contributed by atoms with Gasteiger partial charge in [0, 0.05) is 12.4 Å². The largest absolute Gasteiger partial charge is 0.344 e. The van der Waals surface area contributed by atoms with Crippen LogP contribution in [0.5, 0.6) is 0 Å². The Bertz CT molecular complexity index is 453. The highest BCUT2D eigenvalue weighted by Gasteiger charge is 2.04. The Kier molecular flexibility index (Phi) is 6.38. The van der Waals surface area contributed by atoms with Crippen molar-refractivity contribution in [3.63, 3.8) is 0 Å². The summed E-state index contributed by atoms with van der Waals surface area (Å²) in [5.74, 6) is 0. The van der Waals surface area contributed by atoms with Crippen molar-refractivity contribution in [1.82, 2.24) is 25.4 Å². The first kappa shape index (κ1) is 14.1. The first-order valence-electron chi connectivity index (χ1n) is 6.16. The highest BCUT2D eigenvalue weighted by atomic mass is 16.1. The third kappa shape index (κ3) is 4.90. The predicted octanol–water partition coefficient (Wildman–Crippen LogP) is 1.48. The fraction of sp³-hybridized carbons (Fsp3) is 0.500. The zero-order valence-electron chi connectivity index (χ0n) is 10.8. The lowest BCUT2D eigenvalue weighted by Gasteiger charge is -1.94. The number of nitrogens with zero attached hydrogens (tertiary/aromatic N) is 3. The van der Waals surface area contributed by atoms with E-state index in [0.29, 0.717) is 0 Å². The lowest BCUT2D eigenvalue weighted by Crippen LogP contribution is -2.05. The normalized spacial score (nSPS) is 9.67. The minimum atomic E-state index is -0.303. The van der Waals surface area contributed by atoms with Crippen LogP contribution in [0.4, 0.5) is 0 Å². The van der Waals surface area contributed by atoms with E-state index in [1.807, 2.05) is 0 Å². The molecular formula is C12H19N5O. The van der Waals surface area contributed by atoms with Gasteiger partial charge in [0.25, 0.3) is 0 Å². The van der Waals surface area contributed by atoms with E-state index in [-0.39, 0.29) is 5.69 Å². The molecule has 2 aromatic rings. The molecule has 0 aliphatic rings. The van der Waals surface area contributed by atoms with Crippen molar-refractivity contribution in [2.45, 2.75) is 39.5 Å². The average Bonchev–Trinajstić information content (AvgIpc) is 2.80. The number of H-pyrrole nitrogens is 2. The predicted molar refractivity (Wildman–Crippen MR) is 69.2 cm³/mol. The van der Waals surface area contributed by atoms with Gasteiger partial charge in [-0.15, -0.1) is 0 Å². The van der Waals surface area contributed by atoms with Gasteiger partial charge < -0.3 is 4.98 Å². The van der Waals surface area contributed by atoms with Crippen LogP contribution in [0.1, 0.15) is 38.1 Å². The molecule has 6 heteroatoms.